The summed E-state index contributed by atoms with van der Waals surface area (Å²) in [7, 11) is 0. The highest BCUT2D eigenvalue weighted by Crippen LogP contribution is 2.25. The molecule has 0 aromatic heterocycles. The molecular formula is C15H19NO4. The summed E-state index contributed by atoms with van der Waals surface area (Å²) in [6.45, 7) is 3.91. The number of carboxylic acid groups (broad SMARTS) is 1. The van der Waals surface area contributed by atoms with Gasteiger partial charge >= 0.3 is 5.97 Å². The fourth-order valence-corrected chi connectivity index (χ4v) is 2.80. The van der Waals surface area contributed by atoms with Gasteiger partial charge in [-0.1, -0.05) is 12.1 Å². The van der Waals surface area contributed by atoms with Crippen LogP contribution >= 0.6 is 0 Å². The van der Waals surface area contributed by atoms with Crippen molar-refractivity contribution < 1.29 is 19.8 Å². The summed E-state index contributed by atoms with van der Waals surface area (Å²) in [4.78, 5) is 25.7. The molecule has 1 aromatic rings. The van der Waals surface area contributed by atoms with Crippen LogP contribution in [0.3, 0.4) is 0 Å². The van der Waals surface area contributed by atoms with E-state index in [0.717, 1.165) is 12.8 Å². The maximum Gasteiger partial charge on any atom is 0.336 e. The number of amides is 1. The molecule has 1 aromatic carbocycles. The van der Waals surface area contributed by atoms with Crippen LogP contribution in [-0.4, -0.2) is 46.2 Å². The quantitative estimate of drug-likeness (QED) is 0.879. The molecule has 108 valence electrons. The molecule has 20 heavy (non-hydrogen) atoms. The second-order valence-corrected chi connectivity index (χ2v) is 5.23. The molecule has 5 heteroatoms. The zero-order valence-electron chi connectivity index (χ0n) is 11.7. The van der Waals surface area contributed by atoms with Gasteiger partial charge in [-0.05, 0) is 37.8 Å². The monoisotopic (exact) mass is 277 g/mol. The predicted molar refractivity (Wildman–Crippen MR) is 74.0 cm³/mol. The lowest BCUT2D eigenvalue weighted by atomic mass is 9.96. The Morgan fingerprint density at radius 1 is 1.25 bits per heavy atom. The molecule has 1 heterocycles. The first-order valence-corrected chi connectivity index (χ1v) is 6.72. The predicted octanol–water partition coefficient (Wildman–Crippen LogP) is 1.60. The highest BCUT2D eigenvalue weighted by atomic mass is 16.4. The number of hydrogen-bond donors (Lipinski definition) is 2. The molecule has 0 saturated carbocycles. The van der Waals surface area contributed by atoms with E-state index in [1.54, 1.807) is 30.9 Å². The van der Waals surface area contributed by atoms with Crippen LogP contribution in [-0.2, 0) is 0 Å². The normalized spacial score (nSPS) is 18.4. The largest absolute Gasteiger partial charge is 0.478 e. The second-order valence-electron chi connectivity index (χ2n) is 5.23. The van der Waals surface area contributed by atoms with E-state index in [9.17, 15) is 19.8 Å². The molecule has 1 saturated heterocycles. The zero-order valence-corrected chi connectivity index (χ0v) is 11.7. The molecule has 1 atom stereocenters. The molecule has 1 aliphatic rings. The molecule has 0 bridgehead atoms. The lowest BCUT2D eigenvalue weighted by molar-refractivity contribution is 0.0643. The Morgan fingerprint density at radius 2 is 1.85 bits per heavy atom. The molecule has 2 N–H and O–H groups in total. The summed E-state index contributed by atoms with van der Waals surface area (Å²) in [5.41, 5.74) is 1.55. The number of rotatable bonds is 3. The minimum atomic E-state index is -1.09. The highest BCUT2D eigenvalue weighted by molar-refractivity contribution is 6.06. The molecule has 2 rings (SSSR count). The summed E-state index contributed by atoms with van der Waals surface area (Å²) in [6, 6.07) is 3.27. The van der Waals surface area contributed by atoms with E-state index in [4.69, 9.17) is 0 Å². The number of carbonyl (C=O) groups is 2. The summed E-state index contributed by atoms with van der Waals surface area (Å²) in [5, 5.41) is 18.7. The van der Waals surface area contributed by atoms with E-state index >= 15 is 0 Å². The lowest BCUT2D eigenvalue weighted by Crippen LogP contribution is -2.38. The number of aliphatic hydroxyl groups is 1. The van der Waals surface area contributed by atoms with Crippen LogP contribution in [0.5, 0.6) is 0 Å². The smallest absolute Gasteiger partial charge is 0.336 e. The number of aliphatic hydroxyl groups excluding tert-OH is 1. The average molecular weight is 277 g/mol. The van der Waals surface area contributed by atoms with Crippen LogP contribution in [0.4, 0.5) is 0 Å². The number of aryl methyl sites for hydroxylation is 2. The first-order valence-electron chi connectivity index (χ1n) is 6.72. The Balaban J connectivity index is 2.49. The molecule has 0 radical (unpaired) electrons. The van der Waals surface area contributed by atoms with Gasteiger partial charge in [0.25, 0.3) is 5.91 Å². The molecule has 1 fully saturated rings. The summed E-state index contributed by atoms with van der Waals surface area (Å²) >= 11 is 0. The van der Waals surface area contributed by atoms with E-state index in [1.807, 2.05) is 0 Å². The van der Waals surface area contributed by atoms with Crippen LogP contribution in [0.1, 0.15) is 44.7 Å². The Hall–Kier alpha value is -1.88. The highest BCUT2D eigenvalue weighted by Gasteiger charge is 2.32. The van der Waals surface area contributed by atoms with Crippen molar-refractivity contribution in [3.63, 3.8) is 0 Å². The molecule has 0 aliphatic carbocycles. The van der Waals surface area contributed by atoms with Gasteiger partial charge < -0.3 is 15.1 Å². The van der Waals surface area contributed by atoms with Crippen molar-refractivity contribution in [2.45, 2.75) is 32.7 Å². The number of carboxylic acids is 1. The molecular weight excluding hydrogens is 258 g/mol. The number of hydrogen-bond acceptors (Lipinski definition) is 3. The first kappa shape index (κ1) is 14.5. The molecule has 5 nitrogen and oxygen atoms in total. The molecule has 1 amide bonds. The summed E-state index contributed by atoms with van der Waals surface area (Å²) in [6.07, 6.45) is 1.60. The minimum absolute atomic E-state index is 0.0681. The van der Waals surface area contributed by atoms with Gasteiger partial charge in [-0.15, -0.1) is 0 Å². The van der Waals surface area contributed by atoms with Crippen molar-refractivity contribution >= 4 is 11.9 Å². The van der Waals surface area contributed by atoms with Gasteiger partial charge in [-0.3, -0.25) is 4.79 Å². The SMILES string of the molecule is Cc1ccc(C)c(C(=O)N2CCC[C@@H]2CO)c1C(=O)O. The minimum Gasteiger partial charge on any atom is -0.478 e. The van der Waals surface area contributed by atoms with E-state index in [2.05, 4.69) is 0 Å². The topological polar surface area (TPSA) is 77.8 Å². The zero-order chi connectivity index (χ0) is 14.9. The number of likely N-dealkylation sites (tertiary alicyclic amines) is 1. The van der Waals surface area contributed by atoms with Crippen molar-refractivity contribution in [3.8, 4) is 0 Å². The Bertz CT molecular complexity index is 553. The van der Waals surface area contributed by atoms with Gasteiger partial charge in [0.2, 0.25) is 0 Å². The first-order chi connectivity index (χ1) is 9.47. The summed E-state index contributed by atoms with van der Waals surface area (Å²) < 4.78 is 0. The Labute approximate surface area is 117 Å². The van der Waals surface area contributed by atoms with Crippen LogP contribution < -0.4 is 0 Å². The molecule has 1 aliphatic heterocycles. The van der Waals surface area contributed by atoms with Gasteiger partial charge in [0, 0.05) is 6.54 Å². The van der Waals surface area contributed by atoms with Gasteiger partial charge in [-0.2, -0.15) is 0 Å². The van der Waals surface area contributed by atoms with Gasteiger partial charge in [0.15, 0.2) is 0 Å². The van der Waals surface area contributed by atoms with Gasteiger partial charge in [0.05, 0.1) is 23.8 Å². The lowest BCUT2D eigenvalue weighted by Gasteiger charge is -2.25. The van der Waals surface area contributed by atoms with Crippen LogP contribution in [0.2, 0.25) is 0 Å². The van der Waals surface area contributed by atoms with Crippen molar-refractivity contribution in [2.24, 2.45) is 0 Å². The van der Waals surface area contributed by atoms with Crippen LogP contribution in [0.25, 0.3) is 0 Å². The van der Waals surface area contributed by atoms with E-state index in [1.165, 1.54) is 0 Å². The standard InChI is InChI=1S/C15H19NO4/c1-9-5-6-10(2)13(15(19)20)12(9)14(18)16-7-3-4-11(16)8-17/h5-6,11,17H,3-4,7-8H2,1-2H3,(H,19,20)/t11-/m1/s1. The van der Waals surface area contributed by atoms with E-state index < -0.39 is 5.97 Å². The van der Waals surface area contributed by atoms with Crippen LogP contribution in [0.15, 0.2) is 12.1 Å². The van der Waals surface area contributed by atoms with Crippen molar-refractivity contribution in [1.82, 2.24) is 4.90 Å². The molecule has 0 spiro atoms. The Kier molecular flexibility index (Phi) is 4.09. The number of benzene rings is 1. The molecule has 0 unspecified atom stereocenters. The van der Waals surface area contributed by atoms with Crippen molar-refractivity contribution in [2.75, 3.05) is 13.2 Å². The second kappa shape index (κ2) is 5.63. The number of nitrogens with zero attached hydrogens (tertiary/aromatic N) is 1. The fraction of sp³-hybridized carbons (Fsp3) is 0.467. The van der Waals surface area contributed by atoms with Crippen molar-refractivity contribution in [1.29, 1.82) is 0 Å². The third-order valence-electron chi connectivity index (χ3n) is 3.90. The third kappa shape index (κ3) is 2.41. The van der Waals surface area contributed by atoms with Gasteiger partial charge in [-0.25, -0.2) is 4.79 Å². The van der Waals surface area contributed by atoms with Crippen LogP contribution in [0, 0.1) is 13.8 Å². The summed E-state index contributed by atoms with van der Waals surface area (Å²) in [5.74, 6) is -1.38. The maximum absolute atomic E-state index is 12.7. The number of aromatic carboxylic acids is 1. The van der Waals surface area contributed by atoms with E-state index in [-0.39, 0.29) is 29.7 Å². The fourth-order valence-electron chi connectivity index (χ4n) is 2.80. The maximum atomic E-state index is 12.7. The number of carbonyl (C=O) groups excluding carboxylic acids is 1. The average Bonchev–Trinajstić information content (AvgIpc) is 2.88. The Morgan fingerprint density at radius 3 is 2.40 bits per heavy atom. The third-order valence-corrected chi connectivity index (χ3v) is 3.90. The van der Waals surface area contributed by atoms with Crippen molar-refractivity contribution in [3.05, 3.63) is 34.4 Å². The van der Waals surface area contributed by atoms with E-state index in [0.29, 0.717) is 17.7 Å². The van der Waals surface area contributed by atoms with Gasteiger partial charge in [0.1, 0.15) is 0 Å².